The number of benzene rings is 1. The van der Waals surface area contributed by atoms with Crippen LogP contribution in [-0.2, 0) is 28.0 Å². The minimum atomic E-state index is -2.12. The van der Waals surface area contributed by atoms with E-state index in [9.17, 15) is 18.9 Å². The molecule has 1 N–H and O–H groups in total. The second-order valence-corrected chi connectivity index (χ2v) is 8.71. The van der Waals surface area contributed by atoms with E-state index < -0.39 is 49.8 Å². The third-order valence-corrected chi connectivity index (χ3v) is 6.08. The van der Waals surface area contributed by atoms with Gasteiger partial charge in [0.05, 0.1) is 18.8 Å². The number of carbonyl (C=O) groups is 1. The van der Waals surface area contributed by atoms with Crippen LogP contribution in [0, 0.1) is 6.92 Å². The van der Waals surface area contributed by atoms with E-state index in [-0.39, 0.29) is 25.4 Å². The molecule has 1 fully saturated rings. The Bertz CT molecular complexity index is 1160. The molecule has 0 aliphatic carbocycles. The number of hydrogen-bond acceptors (Lipinski definition) is 9. The van der Waals surface area contributed by atoms with Gasteiger partial charge in [0.2, 0.25) is 0 Å². The minimum Gasteiger partial charge on any atom is -0.453 e. The number of carbonyl (C=O) groups excluding carboxylic acids is 1. The highest BCUT2D eigenvalue weighted by Gasteiger charge is 2.49. The van der Waals surface area contributed by atoms with Gasteiger partial charge in [-0.15, -0.1) is 4.52 Å². The maximum atomic E-state index is 12.9. The predicted molar refractivity (Wildman–Crippen MR) is 126 cm³/mol. The standard InChI is InChI=1S/C23H27N2O9P/c1-4-32-35(29)13-10-17-18(34-22(27)16-8-6-5-7-9-16)19(31-12-11-30-3)21(33-17)25-14-15(2)20(26)24-23(25)28/h5-10,13-14,17-19,21H,4,11-12H2,1-3H3/p+1/b13-10+/t17-,18-,19-,21-/m1/s1. The Labute approximate surface area is 202 Å². The number of nitrogens with zero attached hydrogens (tertiary/aromatic N) is 1. The Morgan fingerprint density at radius 2 is 1.94 bits per heavy atom. The lowest BCUT2D eigenvalue weighted by Gasteiger charge is -2.24. The van der Waals surface area contributed by atoms with Crippen LogP contribution in [0.5, 0.6) is 0 Å². The summed E-state index contributed by atoms with van der Waals surface area (Å²) in [5.41, 5.74) is -0.658. The Morgan fingerprint density at radius 3 is 2.63 bits per heavy atom. The lowest BCUT2D eigenvalue weighted by molar-refractivity contribution is -0.0812. The van der Waals surface area contributed by atoms with Crippen molar-refractivity contribution in [1.82, 2.24) is 9.55 Å². The van der Waals surface area contributed by atoms with Crippen LogP contribution in [0.3, 0.4) is 0 Å². The van der Waals surface area contributed by atoms with Crippen molar-refractivity contribution in [3.05, 3.63) is 80.4 Å². The average Bonchev–Trinajstić information content (AvgIpc) is 3.17. The van der Waals surface area contributed by atoms with Gasteiger partial charge in [0, 0.05) is 18.9 Å². The van der Waals surface area contributed by atoms with Gasteiger partial charge in [-0.2, -0.15) is 0 Å². The van der Waals surface area contributed by atoms with Gasteiger partial charge in [0.1, 0.15) is 18.8 Å². The number of rotatable bonds is 11. The highest BCUT2D eigenvalue weighted by Crippen LogP contribution is 2.36. The summed E-state index contributed by atoms with van der Waals surface area (Å²) in [6, 6.07) is 8.36. The number of aryl methyl sites for hydroxylation is 1. The van der Waals surface area contributed by atoms with Gasteiger partial charge in [-0.05, 0) is 36.6 Å². The highest BCUT2D eigenvalue weighted by atomic mass is 31.1. The first-order chi connectivity index (χ1) is 16.8. The van der Waals surface area contributed by atoms with E-state index in [1.165, 1.54) is 29.8 Å². The summed E-state index contributed by atoms with van der Waals surface area (Å²) in [6.45, 7) is 3.84. The molecule has 1 aliphatic heterocycles. The van der Waals surface area contributed by atoms with Gasteiger partial charge in [0.25, 0.3) is 5.56 Å². The highest BCUT2D eigenvalue weighted by molar-refractivity contribution is 7.42. The number of aromatic nitrogens is 2. The van der Waals surface area contributed by atoms with Crippen molar-refractivity contribution in [2.45, 2.75) is 38.4 Å². The van der Waals surface area contributed by atoms with E-state index in [2.05, 4.69) is 4.98 Å². The number of H-pyrrole nitrogens is 1. The number of nitrogens with one attached hydrogen (secondary N) is 1. The summed E-state index contributed by atoms with van der Waals surface area (Å²) < 4.78 is 41.2. The zero-order chi connectivity index (χ0) is 25.4. The molecule has 1 aromatic carbocycles. The van der Waals surface area contributed by atoms with E-state index in [4.69, 9.17) is 23.5 Å². The van der Waals surface area contributed by atoms with Crippen LogP contribution in [0.1, 0.15) is 29.1 Å². The fourth-order valence-corrected chi connectivity index (χ4v) is 4.14. The minimum absolute atomic E-state index is 0.112. The molecule has 35 heavy (non-hydrogen) atoms. The Balaban J connectivity index is 2.00. The first-order valence-electron chi connectivity index (χ1n) is 11.0. The maximum Gasteiger partial charge on any atom is 0.540 e. The second kappa shape index (κ2) is 12.7. The van der Waals surface area contributed by atoms with Crippen molar-refractivity contribution in [1.29, 1.82) is 0 Å². The fraction of sp³-hybridized carbons (Fsp3) is 0.435. The summed E-state index contributed by atoms with van der Waals surface area (Å²) in [5, 5.41) is 0. The molecule has 0 bridgehead atoms. The first kappa shape index (κ1) is 26.7. The summed E-state index contributed by atoms with van der Waals surface area (Å²) >= 11 is 0. The van der Waals surface area contributed by atoms with Crippen LogP contribution >= 0.6 is 8.03 Å². The lowest BCUT2D eigenvalue weighted by Crippen LogP contribution is -2.41. The zero-order valence-corrected chi connectivity index (χ0v) is 20.5. The predicted octanol–water partition coefficient (Wildman–Crippen LogP) is 2.29. The molecule has 12 heteroatoms. The number of hydrogen-bond donors (Lipinski definition) is 1. The maximum absolute atomic E-state index is 12.9. The number of esters is 1. The molecule has 1 aliphatic rings. The van der Waals surface area contributed by atoms with Crippen LogP contribution < -0.4 is 11.2 Å². The molecule has 1 unspecified atom stereocenters. The molecule has 1 aromatic heterocycles. The topological polar surface area (TPSA) is 135 Å². The largest absolute Gasteiger partial charge is 0.540 e. The molecule has 0 spiro atoms. The molecular weight excluding hydrogens is 479 g/mol. The zero-order valence-electron chi connectivity index (χ0n) is 19.6. The number of aromatic amines is 1. The number of methoxy groups -OCH3 is 1. The van der Waals surface area contributed by atoms with Gasteiger partial charge in [-0.25, -0.2) is 9.59 Å². The molecule has 0 amide bonds. The van der Waals surface area contributed by atoms with E-state index in [1.54, 1.807) is 44.2 Å². The monoisotopic (exact) mass is 507 g/mol. The molecule has 5 atom stereocenters. The second-order valence-electron chi connectivity index (χ2n) is 7.58. The summed E-state index contributed by atoms with van der Waals surface area (Å²) in [6.07, 6.45) is -1.18. The summed E-state index contributed by atoms with van der Waals surface area (Å²) in [4.78, 5) is 39.6. The van der Waals surface area contributed by atoms with Crippen molar-refractivity contribution in [2.24, 2.45) is 0 Å². The van der Waals surface area contributed by atoms with Crippen LogP contribution in [0.15, 0.2) is 58.0 Å². The summed E-state index contributed by atoms with van der Waals surface area (Å²) in [7, 11) is -0.616. The van der Waals surface area contributed by atoms with Crippen LogP contribution in [0.4, 0.5) is 0 Å². The van der Waals surface area contributed by atoms with Gasteiger partial charge >= 0.3 is 19.7 Å². The van der Waals surface area contributed by atoms with Gasteiger partial charge in [-0.3, -0.25) is 14.3 Å². The molecular formula is C23H28N2O9P+. The van der Waals surface area contributed by atoms with Gasteiger partial charge in [-0.1, -0.05) is 18.2 Å². The van der Waals surface area contributed by atoms with Crippen molar-refractivity contribution >= 4 is 14.0 Å². The quantitative estimate of drug-likeness (QED) is 0.276. The Morgan fingerprint density at radius 1 is 1.20 bits per heavy atom. The smallest absolute Gasteiger partial charge is 0.453 e. The molecule has 1 saturated heterocycles. The van der Waals surface area contributed by atoms with Crippen molar-refractivity contribution in [3.63, 3.8) is 0 Å². The van der Waals surface area contributed by atoms with E-state index in [1.807, 2.05) is 0 Å². The van der Waals surface area contributed by atoms with Crippen LogP contribution in [0.25, 0.3) is 0 Å². The van der Waals surface area contributed by atoms with Crippen molar-refractivity contribution < 1.29 is 32.8 Å². The lowest BCUT2D eigenvalue weighted by atomic mass is 10.1. The van der Waals surface area contributed by atoms with Crippen LogP contribution in [-0.4, -0.2) is 60.8 Å². The van der Waals surface area contributed by atoms with Crippen molar-refractivity contribution in [2.75, 3.05) is 26.9 Å². The van der Waals surface area contributed by atoms with E-state index >= 15 is 0 Å². The van der Waals surface area contributed by atoms with Crippen molar-refractivity contribution in [3.8, 4) is 0 Å². The molecule has 0 radical (unpaired) electrons. The van der Waals surface area contributed by atoms with E-state index in [0.29, 0.717) is 5.56 Å². The van der Waals surface area contributed by atoms with Gasteiger partial charge in [0.15, 0.2) is 18.1 Å². The SMILES string of the molecule is CCO[P+](=O)/C=C/[C@H]1O[C@@H](n2cc(C)c(=O)[nH]c2=O)[C@H](OCCOC)[C@@H]1OC(=O)c1ccccc1. The average molecular weight is 507 g/mol. The summed E-state index contributed by atoms with van der Waals surface area (Å²) in [5.74, 6) is 0.681. The Kier molecular flexibility index (Phi) is 9.64. The van der Waals surface area contributed by atoms with Gasteiger partial charge < -0.3 is 18.9 Å². The Hall–Kier alpha value is -2.95. The normalized spacial score (nSPS) is 22.4. The van der Waals surface area contributed by atoms with E-state index in [0.717, 1.165) is 0 Å². The molecule has 11 nitrogen and oxygen atoms in total. The molecule has 3 rings (SSSR count). The molecule has 2 heterocycles. The third-order valence-electron chi connectivity index (χ3n) is 5.15. The molecule has 188 valence electrons. The fourth-order valence-electron chi connectivity index (χ4n) is 3.49. The first-order valence-corrected chi connectivity index (χ1v) is 12.2. The molecule has 0 saturated carbocycles. The number of ether oxygens (including phenoxy) is 4. The van der Waals surface area contributed by atoms with Crippen LogP contribution in [0.2, 0.25) is 0 Å². The molecule has 2 aromatic rings. The third kappa shape index (κ3) is 6.81.